The number of hydrogen-bond acceptors (Lipinski definition) is 6. The van der Waals surface area contributed by atoms with Gasteiger partial charge >= 0.3 is 0 Å². The van der Waals surface area contributed by atoms with Crippen molar-refractivity contribution in [3.05, 3.63) is 95.1 Å². The number of hydrogen-bond donors (Lipinski definition) is 0. The van der Waals surface area contributed by atoms with E-state index in [2.05, 4.69) is 35.8 Å². The minimum atomic E-state index is -0.0167. The van der Waals surface area contributed by atoms with Crippen LogP contribution in [-0.4, -0.2) is 60.1 Å². The van der Waals surface area contributed by atoms with Gasteiger partial charge in [-0.3, -0.25) is 14.5 Å². The quantitative estimate of drug-likeness (QED) is 0.166. The summed E-state index contributed by atoms with van der Waals surface area (Å²) >= 11 is 0. The SMILES string of the molecule is CCCN1CC[C@@H](CC2CCC(N3CC[C@H](C)[C@@H](C(=O)c4ccc5cc(C#N)ccc5c4)C3)C2)[C@H](C(=O)c2ccc3cc(C#N)ccc3c2)C1. The lowest BCUT2D eigenvalue weighted by atomic mass is 9.75. The fourth-order valence-electron chi connectivity index (χ4n) is 9.32. The molecule has 256 valence electrons. The number of Topliss-reactive ketones (excluding diaryl/α,β-unsaturated/α-hetero) is 2. The monoisotopic (exact) mass is 664 g/mol. The third kappa shape index (κ3) is 7.11. The van der Waals surface area contributed by atoms with E-state index in [1.54, 1.807) is 0 Å². The van der Waals surface area contributed by atoms with Crippen molar-refractivity contribution in [1.29, 1.82) is 10.5 Å². The second-order valence-electron chi connectivity index (χ2n) is 15.4. The van der Waals surface area contributed by atoms with Gasteiger partial charge in [0.1, 0.15) is 0 Å². The van der Waals surface area contributed by atoms with Crippen LogP contribution in [-0.2, 0) is 0 Å². The van der Waals surface area contributed by atoms with Crippen molar-refractivity contribution in [3.63, 3.8) is 0 Å². The van der Waals surface area contributed by atoms with Crippen LogP contribution in [0, 0.1) is 52.3 Å². The van der Waals surface area contributed by atoms with Crippen LogP contribution in [0.15, 0.2) is 72.8 Å². The highest BCUT2D eigenvalue weighted by Gasteiger charge is 2.40. The molecule has 0 amide bonds. The normalized spacial score (nSPS) is 26.1. The van der Waals surface area contributed by atoms with Crippen LogP contribution in [0.1, 0.15) is 90.6 Å². The molecule has 2 saturated heterocycles. The lowest BCUT2D eigenvalue weighted by Crippen LogP contribution is -2.47. The van der Waals surface area contributed by atoms with E-state index in [9.17, 15) is 20.1 Å². The molecule has 0 spiro atoms. The highest BCUT2D eigenvalue weighted by molar-refractivity contribution is 6.02. The molecule has 2 heterocycles. The Bertz CT molecular complexity index is 1990. The predicted molar refractivity (Wildman–Crippen MR) is 199 cm³/mol. The summed E-state index contributed by atoms with van der Waals surface area (Å²) in [4.78, 5) is 33.3. The molecule has 6 heteroatoms. The van der Waals surface area contributed by atoms with Gasteiger partial charge in [0.05, 0.1) is 23.3 Å². The Labute approximate surface area is 296 Å². The predicted octanol–water partition coefficient (Wildman–Crippen LogP) is 8.67. The van der Waals surface area contributed by atoms with Crippen molar-refractivity contribution < 1.29 is 9.59 Å². The molecule has 0 bridgehead atoms. The van der Waals surface area contributed by atoms with Gasteiger partial charge in [-0.15, -0.1) is 0 Å². The number of ketones is 2. The summed E-state index contributed by atoms with van der Waals surface area (Å²) in [6, 6.07) is 28.1. The van der Waals surface area contributed by atoms with Crippen LogP contribution in [0.2, 0.25) is 0 Å². The molecule has 3 fully saturated rings. The van der Waals surface area contributed by atoms with E-state index in [1.807, 2.05) is 72.8 Å². The van der Waals surface area contributed by atoms with Crippen LogP contribution in [0.3, 0.4) is 0 Å². The van der Waals surface area contributed by atoms with Crippen LogP contribution >= 0.6 is 0 Å². The van der Waals surface area contributed by atoms with E-state index < -0.39 is 0 Å². The Kier molecular flexibility index (Phi) is 10.1. The van der Waals surface area contributed by atoms with E-state index in [4.69, 9.17) is 0 Å². The highest BCUT2D eigenvalue weighted by Crippen LogP contribution is 2.41. The van der Waals surface area contributed by atoms with E-state index >= 15 is 0 Å². The van der Waals surface area contributed by atoms with Crippen LogP contribution in [0.5, 0.6) is 0 Å². The maximum Gasteiger partial charge on any atom is 0.167 e. The number of benzene rings is 4. The molecule has 4 aromatic rings. The molecule has 1 saturated carbocycles. The fraction of sp³-hybridized carbons (Fsp3) is 0.455. The Balaban J connectivity index is 1.02. The molecule has 3 aliphatic rings. The molecule has 0 N–H and O–H groups in total. The van der Waals surface area contributed by atoms with Gasteiger partial charge in [-0.1, -0.05) is 50.2 Å². The zero-order chi connectivity index (χ0) is 34.8. The zero-order valence-electron chi connectivity index (χ0n) is 29.5. The van der Waals surface area contributed by atoms with Gasteiger partial charge in [0.2, 0.25) is 0 Å². The topological polar surface area (TPSA) is 88.2 Å². The number of carbonyl (C=O) groups is 2. The van der Waals surface area contributed by atoms with Gasteiger partial charge in [-0.25, -0.2) is 0 Å². The Morgan fingerprint density at radius 2 is 1.32 bits per heavy atom. The lowest BCUT2D eigenvalue weighted by molar-refractivity contribution is 0.0596. The molecule has 1 aliphatic carbocycles. The Morgan fingerprint density at radius 3 is 1.94 bits per heavy atom. The van der Waals surface area contributed by atoms with Gasteiger partial charge in [-0.05, 0) is 140 Å². The van der Waals surface area contributed by atoms with E-state index in [0.717, 1.165) is 97.5 Å². The molecular weight excluding hydrogens is 617 g/mol. The second kappa shape index (κ2) is 14.9. The molecule has 6 atom stereocenters. The molecule has 0 aromatic heterocycles. The van der Waals surface area contributed by atoms with E-state index in [-0.39, 0.29) is 23.4 Å². The summed E-state index contributed by atoms with van der Waals surface area (Å²) in [5, 5.41) is 22.6. The van der Waals surface area contributed by atoms with Gasteiger partial charge in [0.25, 0.3) is 0 Å². The number of nitriles is 2. The molecule has 50 heavy (non-hydrogen) atoms. The molecule has 4 aromatic carbocycles. The van der Waals surface area contributed by atoms with E-state index in [0.29, 0.717) is 34.9 Å². The van der Waals surface area contributed by atoms with Crippen molar-refractivity contribution >= 4 is 33.1 Å². The van der Waals surface area contributed by atoms with Crippen molar-refractivity contribution in [2.24, 2.45) is 29.6 Å². The Morgan fingerprint density at radius 1 is 0.720 bits per heavy atom. The van der Waals surface area contributed by atoms with Crippen molar-refractivity contribution in [3.8, 4) is 12.1 Å². The number of likely N-dealkylation sites (tertiary alicyclic amines) is 2. The average molecular weight is 665 g/mol. The van der Waals surface area contributed by atoms with Gasteiger partial charge in [0.15, 0.2) is 11.6 Å². The van der Waals surface area contributed by atoms with Crippen molar-refractivity contribution in [2.45, 2.75) is 64.8 Å². The standard InChI is InChI=1S/C44H48N4O2/c1-3-16-47-17-15-37(42(27-47)44(50)39-12-10-34-21-32(26-46)5-8-36(34)24-39)19-30-6-13-40(22-30)48-18-14-29(2)41(28-48)43(49)38-11-9-33-20-31(25-45)4-7-35(33)23-38/h4-5,7-12,20-21,23-24,29-30,37,40-42H,3,6,13-19,22,27-28H2,1-2H3/t29-,30?,37-,40?,41-,42+/m0/s1. The number of carbonyl (C=O) groups excluding carboxylic acids is 2. The molecule has 7 rings (SSSR count). The maximum atomic E-state index is 14.2. The molecule has 0 radical (unpaired) electrons. The summed E-state index contributed by atoms with van der Waals surface area (Å²) in [5.74, 6) is 1.81. The third-order valence-corrected chi connectivity index (χ3v) is 12.2. The number of rotatable bonds is 9. The van der Waals surface area contributed by atoms with Gasteiger partial charge < -0.3 is 4.90 Å². The molecule has 2 unspecified atom stereocenters. The first-order valence-electron chi connectivity index (χ1n) is 18.8. The van der Waals surface area contributed by atoms with Crippen molar-refractivity contribution in [2.75, 3.05) is 32.7 Å². The third-order valence-electron chi connectivity index (χ3n) is 12.2. The minimum absolute atomic E-state index is 0.00327. The maximum absolute atomic E-state index is 14.2. The Hall–Kier alpha value is -4.36. The van der Waals surface area contributed by atoms with Crippen LogP contribution in [0.25, 0.3) is 21.5 Å². The first-order valence-corrected chi connectivity index (χ1v) is 18.8. The smallest absolute Gasteiger partial charge is 0.167 e. The number of piperidine rings is 2. The summed E-state index contributed by atoms with van der Waals surface area (Å²) in [7, 11) is 0. The molecule has 2 aliphatic heterocycles. The van der Waals surface area contributed by atoms with Crippen LogP contribution in [0.4, 0.5) is 0 Å². The highest BCUT2D eigenvalue weighted by atomic mass is 16.1. The summed E-state index contributed by atoms with van der Waals surface area (Å²) in [6.07, 6.45) is 7.81. The zero-order valence-corrected chi connectivity index (χ0v) is 29.5. The largest absolute Gasteiger partial charge is 0.303 e. The lowest BCUT2D eigenvalue weighted by Gasteiger charge is -2.40. The average Bonchev–Trinajstić information content (AvgIpc) is 3.62. The summed E-state index contributed by atoms with van der Waals surface area (Å²) in [6.45, 7) is 9.25. The summed E-state index contributed by atoms with van der Waals surface area (Å²) in [5.41, 5.74) is 2.83. The number of fused-ring (bicyclic) bond motifs is 2. The molecule has 6 nitrogen and oxygen atoms in total. The van der Waals surface area contributed by atoms with E-state index in [1.165, 1.54) is 12.8 Å². The molecular formula is C44H48N4O2. The van der Waals surface area contributed by atoms with Crippen molar-refractivity contribution in [1.82, 2.24) is 9.80 Å². The van der Waals surface area contributed by atoms with Crippen LogP contribution < -0.4 is 0 Å². The summed E-state index contributed by atoms with van der Waals surface area (Å²) < 4.78 is 0. The van der Waals surface area contributed by atoms with Gasteiger partial charge in [-0.2, -0.15) is 10.5 Å². The first-order chi connectivity index (χ1) is 24.3. The number of nitrogens with zero attached hydrogens (tertiary/aromatic N) is 4. The van der Waals surface area contributed by atoms with Gasteiger partial charge in [0, 0.05) is 42.1 Å². The first kappa shape index (κ1) is 34.1. The fourth-order valence-corrected chi connectivity index (χ4v) is 9.32. The minimum Gasteiger partial charge on any atom is -0.303 e. The second-order valence-corrected chi connectivity index (χ2v) is 15.4.